The molecule has 2 aromatic rings. The smallest absolute Gasteiger partial charge is 0.274 e. The predicted molar refractivity (Wildman–Crippen MR) is 85.9 cm³/mol. The minimum absolute atomic E-state index is 0.112. The summed E-state index contributed by atoms with van der Waals surface area (Å²) in [6.07, 6.45) is 3.14. The van der Waals surface area contributed by atoms with Gasteiger partial charge in [0, 0.05) is 38.3 Å². The van der Waals surface area contributed by atoms with Crippen molar-refractivity contribution in [2.45, 2.75) is 32.4 Å². The van der Waals surface area contributed by atoms with E-state index in [0.29, 0.717) is 5.69 Å². The van der Waals surface area contributed by atoms with Crippen molar-refractivity contribution in [2.24, 2.45) is 0 Å². The normalized spacial score (nSPS) is 18.6. The van der Waals surface area contributed by atoms with E-state index in [2.05, 4.69) is 31.9 Å². The second-order valence-electron chi connectivity index (χ2n) is 6.12. The van der Waals surface area contributed by atoms with Gasteiger partial charge in [0.2, 0.25) is 0 Å². The van der Waals surface area contributed by atoms with E-state index in [4.69, 9.17) is 0 Å². The minimum Gasteiger partial charge on any atom is -0.337 e. The number of hydrogen-bond acceptors (Lipinski definition) is 4. The van der Waals surface area contributed by atoms with E-state index in [1.807, 2.05) is 4.90 Å². The third-order valence-corrected chi connectivity index (χ3v) is 5.33. The van der Waals surface area contributed by atoms with E-state index < -0.39 is 0 Å². The summed E-state index contributed by atoms with van der Waals surface area (Å²) in [5.41, 5.74) is 4.27. The maximum absolute atomic E-state index is 12.5. The van der Waals surface area contributed by atoms with Gasteiger partial charge in [0.05, 0.1) is 5.69 Å². The molecule has 1 amide bonds. The van der Waals surface area contributed by atoms with Gasteiger partial charge in [-0.05, 0) is 41.7 Å². The Morgan fingerprint density at radius 2 is 2.18 bits per heavy atom. The van der Waals surface area contributed by atoms with Crippen molar-refractivity contribution in [1.82, 2.24) is 20.0 Å². The van der Waals surface area contributed by atoms with Crippen molar-refractivity contribution in [3.8, 4) is 0 Å². The molecule has 116 valence electrons. The molecule has 1 N–H and O–H groups in total. The Hall–Kier alpha value is -1.66. The summed E-state index contributed by atoms with van der Waals surface area (Å²) >= 11 is 1.74. The van der Waals surface area contributed by atoms with Crippen molar-refractivity contribution < 1.29 is 4.79 Å². The summed E-state index contributed by atoms with van der Waals surface area (Å²) in [6.45, 7) is 4.57. The highest BCUT2D eigenvalue weighted by Gasteiger charge is 2.28. The Kier molecular flexibility index (Phi) is 3.72. The quantitative estimate of drug-likeness (QED) is 0.945. The molecule has 1 fully saturated rings. The average molecular weight is 316 g/mol. The molecular weight excluding hydrogens is 296 g/mol. The molecule has 0 aliphatic carbocycles. The fourth-order valence-electron chi connectivity index (χ4n) is 3.40. The molecule has 0 spiro atoms. The van der Waals surface area contributed by atoms with Gasteiger partial charge in [0.25, 0.3) is 5.91 Å². The fraction of sp³-hybridized carbons (Fsp3) is 0.500. The average Bonchev–Trinajstić information content (AvgIpc) is 3.28. The Morgan fingerprint density at radius 3 is 2.95 bits per heavy atom. The topological polar surface area (TPSA) is 52.2 Å². The maximum atomic E-state index is 12.5. The molecule has 0 unspecified atom stereocenters. The molecule has 0 saturated carbocycles. The molecule has 2 aromatic heterocycles. The Morgan fingerprint density at radius 1 is 1.32 bits per heavy atom. The number of thiophene rings is 1. The summed E-state index contributed by atoms with van der Waals surface area (Å²) in [7, 11) is 0. The predicted octanol–water partition coefficient (Wildman–Crippen LogP) is 2.27. The van der Waals surface area contributed by atoms with Crippen LogP contribution in [0.1, 0.15) is 40.2 Å². The molecule has 6 heteroatoms. The van der Waals surface area contributed by atoms with Crippen LogP contribution >= 0.6 is 11.3 Å². The molecule has 2 aliphatic rings. The highest BCUT2D eigenvalue weighted by Crippen LogP contribution is 2.24. The highest BCUT2D eigenvalue weighted by atomic mass is 32.1. The van der Waals surface area contributed by atoms with E-state index in [-0.39, 0.29) is 5.91 Å². The van der Waals surface area contributed by atoms with Crippen LogP contribution in [0.5, 0.6) is 0 Å². The number of nitrogens with zero attached hydrogens (tertiary/aromatic N) is 3. The van der Waals surface area contributed by atoms with Gasteiger partial charge in [-0.15, -0.1) is 0 Å². The van der Waals surface area contributed by atoms with Crippen LogP contribution in [0, 0.1) is 0 Å². The zero-order valence-corrected chi connectivity index (χ0v) is 13.4. The van der Waals surface area contributed by atoms with E-state index in [0.717, 1.165) is 63.2 Å². The maximum Gasteiger partial charge on any atom is 0.274 e. The Labute approximate surface area is 133 Å². The zero-order chi connectivity index (χ0) is 14.9. The van der Waals surface area contributed by atoms with E-state index >= 15 is 0 Å². The minimum atomic E-state index is 0.112. The van der Waals surface area contributed by atoms with Gasteiger partial charge in [-0.25, -0.2) is 0 Å². The summed E-state index contributed by atoms with van der Waals surface area (Å²) in [4.78, 5) is 16.9. The summed E-state index contributed by atoms with van der Waals surface area (Å²) in [5, 5.41) is 11.8. The standard InChI is InChI=1S/C16H20N4OS/c21-16(20-5-1-2-6-20)15-13-3-7-19(10-14(13)17-18-15)9-12-4-8-22-11-12/h4,8,11H,1-3,5-7,9-10H2,(H,17,18). The summed E-state index contributed by atoms with van der Waals surface area (Å²) < 4.78 is 0. The second-order valence-corrected chi connectivity index (χ2v) is 6.90. The number of carbonyl (C=O) groups excluding carboxylic acids is 1. The number of amides is 1. The van der Waals surface area contributed by atoms with Gasteiger partial charge in [-0.3, -0.25) is 14.8 Å². The van der Waals surface area contributed by atoms with Crippen molar-refractivity contribution in [1.29, 1.82) is 0 Å². The van der Waals surface area contributed by atoms with Crippen LogP contribution in [-0.2, 0) is 19.5 Å². The molecule has 5 nitrogen and oxygen atoms in total. The summed E-state index contributed by atoms with van der Waals surface area (Å²) in [6, 6.07) is 2.18. The van der Waals surface area contributed by atoms with Crippen molar-refractivity contribution in [2.75, 3.05) is 19.6 Å². The number of nitrogens with one attached hydrogen (secondary N) is 1. The van der Waals surface area contributed by atoms with Gasteiger partial charge in [-0.2, -0.15) is 16.4 Å². The molecular formula is C16H20N4OS. The number of hydrogen-bond donors (Lipinski definition) is 1. The Balaban J connectivity index is 1.48. The first-order chi connectivity index (χ1) is 10.8. The van der Waals surface area contributed by atoms with E-state index in [1.165, 1.54) is 5.56 Å². The van der Waals surface area contributed by atoms with Gasteiger partial charge < -0.3 is 4.90 Å². The third kappa shape index (κ3) is 2.57. The number of aromatic amines is 1. The lowest BCUT2D eigenvalue weighted by Crippen LogP contribution is -2.32. The van der Waals surface area contributed by atoms with Crippen LogP contribution in [0.15, 0.2) is 16.8 Å². The monoisotopic (exact) mass is 316 g/mol. The molecule has 0 atom stereocenters. The van der Waals surface area contributed by atoms with Gasteiger partial charge in [0.1, 0.15) is 0 Å². The van der Waals surface area contributed by atoms with Crippen LogP contribution in [0.25, 0.3) is 0 Å². The SMILES string of the molecule is O=C(c1n[nH]c2c1CCN(Cc1ccsc1)C2)N1CCCC1. The highest BCUT2D eigenvalue weighted by molar-refractivity contribution is 7.07. The molecule has 2 aliphatic heterocycles. The molecule has 4 heterocycles. The van der Waals surface area contributed by atoms with Gasteiger partial charge >= 0.3 is 0 Å². The number of rotatable bonds is 3. The number of carbonyl (C=O) groups is 1. The van der Waals surface area contributed by atoms with Gasteiger partial charge in [-0.1, -0.05) is 0 Å². The Bertz CT molecular complexity index is 658. The number of H-pyrrole nitrogens is 1. The second kappa shape index (κ2) is 5.85. The first-order valence-electron chi connectivity index (χ1n) is 7.90. The third-order valence-electron chi connectivity index (χ3n) is 4.59. The lowest BCUT2D eigenvalue weighted by Gasteiger charge is -2.26. The largest absolute Gasteiger partial charge is 0.337 e. The molecule has 22 heavy (non-hydrogen) atoms. The lowest BCUT2D eigenvalue weighted by molar-refractivity contribution is 0.0785. The van der Waals surface area contributed by atoms with E-state index in [9.17, 15) is 4.79 Å². The van der Waals surface area contributed by atoms with Crippen LogP contribution in [-0.4, -0.2) is 45.5 Å². The lowest BCUT2D eigenvalue weighted by atomic mass is 10.0. The van der Waals surface area contributed by atoms with Crippen LogP contribution in [0.3, 0.4) is 0 Å². The van der Waals surface area contributed by atoms with Crippen LogP contribution < -0.4 is 0 Å². The van der Waals surface area contributed by atoms with Gasteiger partial charge in [0.15, 0.2) is 5.69 Å². The molecule has 0 aromatic carbocycles. The van der Waals surface area contributed by atoms with Crippen LogP contribution in [0.2, 0.25) is 0 Å². The number of fused-ring (bicyclic) bond motifs is 1. The van der Waals surface area contributed by atoms with Crippen molar-refractivity contribution in [3.05, 3.63) is 39.3 Å². The summed E-state index contributed by atoms with van der Waals surface area (Å²) in [5.74, 6) is 0.112. The molecule has 0 bridgehead atoms. The number of aromatic nitrogens is 2. The van der Waals surface area contributed by atoms with Crippen LogP contribution in [0.4, 0.5) is 0 Å². The fourth-order valence-corrected chi connectivity index (χ4v) is 4.06. The van der Waals surface area contributed by atoms with Crippen molar-refractivity contribution in [3.63, 3.8) is 0 Å². The first kappa shape index (κ1) is 14.0. The molecule has 4 rings (SSSR count). The molecule has 0 radical (unpaired) electrons. The number of likely N-dealkylation sites (tertiary alicyclic amines) is 1. The molecule has 1 saturated heterocycles. The zero-order valence-electron chi connectivity index (χ0n) is 12.5. The van der Waals surface area contributed by atoms with E-state index in [1.54, 1.807) is 11.3 Å². The van der Waals surface area contributed by atoms with Crippen molar-refractivity contribution >= 4 is 17.2 Å². The first-order valence-corrected chi connectivity index (χ1v) is 8.84.